The smallest absolute Gasteiger partial charge is 0.305 e. The lowest BCUT2D eigenvalue weighted by molar-refractivity contribution is 0.290. The van der Waals surface area contributed by atoms with E-state index in [2.05, 4.69) is 16.6 Å². The predicted octanol–water partition coefficient (Wildman–Crippen LogP) is 1.85. The molecule has 0 unspecified atom stereocenters. The molecule has 0 bridgehead atoms. The first-order valence-electron chi connectivity index (χ1n) is 6.58. The molecule has 1 fully saturated rings. The van der Waals surface area contributed by atoms with Gasteiger partial charge in [-0.25, -0.2) is 13.1 Å². The second kappa shape index (κ2) is 5.76. The van der Waals surface area contributed by atoms with Crippen molar-refractivity contribution in [1.29, 1.82) is 0 Å². The van der Waals surface area contributed by atoms with Gasteiger partial charge in [-0.3, -0.25) is 4.79 Å². The average molecular weight is 304 g/mol. The fraction of sp³-hybridized carbons (Fsp3) is 0.750. The van der Waals surface area contributed by atoms with E-state index in [0.29, 0.717) is 18.2 Å². The molecule has 1 aromatic rings. The number of aromatic amines is 1. The van der Waals surface area contributed by atoms with Gasteiger partial charge in [0.1, 0.15) is 0 Å². The lowest BCUT2D eigenvalue weighted by Crippen LogP contribution is -2.31. The molecule has 0 saturated heterocycles. The molecule has 1 aromatic heterocycles. The van der Waals surface area contributed by atoms with Crippen molar-refractivity contribution in [2.45, 2.75) is 43.7 Å². The highest BCUT2D eigenvalue weighted by molar-refractivity contribution is 7.91. The minimum absolute atomic E-state index is 0.113. The van der Waals surface area contributed by atoms with E-state index in [1.807, 2.05) is 0 Å². The van der Waals surface area contributed by atoms with Crippen LogP contribution in [0.15, 0.2) is 9.00 Å². The predicted molar refractivity (Wildman–Crippen MR) is 76.0 cm³/mol. The number of hydrogen-bond acceptors (Lipinski definition) is 4. The SMILES string of the molecule is Cc1[nH]c(=O)sc1S(=O)(=O)NCC1CCC(C)CC1. The fourth-order valence-electron chi connectivity index (χ4n) is 2.47. The zero-order valence-corrected chi connectivity index (χ0v) is 12.9. The molecule has 0 spiro atoms. The molecule has 1 heterocycles. The molecular weight excluding hydrogens is 284 g/mol. The maximum Gasteiger partial charge on any atom is 0.305 e. The van der Waals surface area contributed by atoms with Crippen LogP contribution in [0.2, 0.25) is 0 Å². The largest absolute Gasteiger partial charge is 0.315 e. The molecule has 19 heavy (non-hydrogen) atoms. The maximum absolute atomic E-state index is 12.1. The van der Waals surface area contributed by atoms with Crippen molar-refractivity contribution >= 4 is 21.4 Å². The van der Waals surface area contributed by atoms with E-state index < -0.39 is 10.0 Å². The standard InChI is InChI=1S/C12H20N2O3S2/c1-8-3-5-10(6-4-8)7-13-19(16,17)11-9(2)14-12(15)18-11/h8,10,13H,3-7H2,1-2H3,(H,14,15). The first-order chi connectivity index (χ1) is 8.88. The number of rotatable bonds is 4. The third-order valence-electron chi connectivity index (χ3n) is 3.72. The van der Waals surface area contributed by atoms with Crippen LogP contribution in [0.25, 0.3) is 0 Å². The van der Waals surface area contributed by atoms with Crippen molar-refractivity contribution < 1.29 is 8.42 Å². The van der Waals surface area contributed by atoms with E-state index in [-0.39, 0.29) is 9.08 Å². The number of nitrogens with one attached hydrogen (secondary N) is 2. The number of sulfonamides is 1. The van der Waals surface area contributed by atoms with Crippen LogP contribution in [0.3, 0.4) is 0 Å². The van der Waals surface area contributed by atoms with Gasteiger partial charge in [0, 0.05) is 12.2 Å². The van der Waals surface area contributed by atoms with E-state index in [9.17, 15) is 13.2 Å². The van der Waals surface area contributed by atoms with Gasteiger partial charge >= 0.3 is 4.87 Å². The molecular formula is C12H20N2O3S2. The summed E-state index contributed by atoms with van der Waals surface area (Å²) in [6.07, 6.45) is 4.49. The zero-order valence-electron chi connectivity index (χ0n) is 11.2. The molecule has 108 valence electrons. The number of H-pyrrole nitrogens is 1. The highest BCUT2D eigenvalue weighted by Gasteiger charge is 2.23. The Balaban J connectivity index is 1.98. The quantitative estimate of drug-likeness (QED) is 0.891. The zero-order chi connectivity index (χ0) is 14.0. The molecule has 0 radical (unpaired) electrons. The lowest BCUT2D eigenvalue weighted by Gasteiger charge is -2.26. The second-order valence-corrected chi connectivity index (χ2v) is 8.35. The fourth-order valence-corrected chi connectivity index (χ4v) is 4.93. The van der Waals surface area contributed by atoms with Gasteiger partial charge < -0.3 is 4.98 Å². The van der Waals surface area contributed by atoms with Crippen LogP contribution in [-0.2, 0) is 10.0 Å². The third kappa shape index (κ3) is 3.67. The highest BCUT2D eigenvalue weighted by atomic mass is 32.2. The summed E-state index contributed by atoms with van der Waals surface area (Å²) in [7, 11) is -3.55. The Morgan fingerprint density at radius 3 is 2.47 bits per heavy atom. The summed E-state index contributed by atoms with van der Waals surface area (Å²) in [5.74, 6) is 1.17. The van der Waals surface area contributed by atoms with Gasteiger partial charge in [0.2, 0.25) is 0 Å². The Kier molecular flexibility index (Phi) is 4.47. The Hall–Kier alpha value is -0.660. The van der Waals surface area contributed by atoms with E-state index >= 15 is 0 Å². The van der Waals surface area contributed by atoms with Crippen LogP contribution in [0.4, 0.5) is 0 Å². The molecule has 5 nitrogen and oxygen atoms in total. The van der Waals surface area contributed by atoms with Gasteiger partial charge in [0.15, 0.2) is 4.21 Å². The van der Waals surface area contributed by atoms with Gasteiger partial charge in [-0.15, -0.1) is 0 Å². The van der Waals surface area contributed by atoms with Crippen molar-refractivity contribution in [3.63, 3.8) is 0 Å². The molecule has 1 aliphatic carbocycles. The van der Waals surface area contributed by atoms with Crippen LogP contribution < -0.4 is 9.60 Å². The summed E-state index contributed by atoms with van der Waals surface area (Å²) in [6.45, 7) is 4.32. The van der Waals surface area contributed by atoms with Crippen LogP contribution in [0.1, 0.15) is 38.3 Å². The maximum atomic E-state index is 12.1. The van der Waals surface area contributed by atoms with E-state index in [1.54, 1.807) is 6.92 Å². The highest BCUT2D eigenvalue weighted by Crippen LogP contribution is 2.28. The van der Waals surface area contributed by atoms with Gasteiger partial charge in [-0.2, -0.15) is 0 Å². The van der Waals surface area contributed by atoms with Gasteiger partial charge in [0.25, 0.3) is 10.0 Å². The van der Waals surface area contributed by atoms with E-state index in [0.717, 1.165) is 30.1 Å². The molecule has 0 aliphatic heterocycles. The lowest BCUT2D eigenvalue weighted by atomic mass is 9.83. The number of aryl methyl sites for hydroxylation is 1. The first kappa shape index (κ1) is 14.7. The average Bonchev–Trinajstić information content (AvgIpc) is 2.69. The minimum atomic E-state index is -3.55. The Morgan fingerprint density at radius 1 is 1.32 bits per heavy atom. The summed E-state index contributed by atoms with van der Waals surface area (Å²) >= 11 is 0.747. The monoisotopic (exact) mass is 304 g/mol. The molecule has 2 rings (SSSR count). The normalized spacial score (nSPS) is 24.5. The third-order valence-corrected chi connectivity index (χ3v) is 6.75. The Bertz CT molecular complexity index is 580. The van der Waals surface area contributed by atoms with Crippen LogP contribution in [0, 0.1) is 18.8 Å². The number of hydrogen-bond donors (Lipinski definition) is 2. The molecule has 1 aliphatic rings. The minimum Gasteiger partial charge on any atom is -0.315 e. The molecule has 0 atom stereocenters. The molecule has 7 heteroatoms. The summed E-state index contributed by atoms with van der Waals surface area (Å²) in [5.41, 5.74) is 0.416. The van der Waals surface area contributed by atoms with Crippen molar-refractivity contribution in [1.82, 2.24) is 9.71 Å². The van der Waals surface area contributed by atoms with Gasteiger partial charge in [-0.05, 0) is 31.6 Å². The van der Waals surface area contributed by atoms with Crippen molar-refractivity contribution in [3.05, 3.63) is 15.4 Å². The Morgan fingerprint density at radius 2 is 1.95 bits per heavy atom. The summed E-state index contributed by atoms with van der Waals surface area (Å²) in [4.78, 5) is 13.3. The molecule has 2 N–H and O–H groups in total. The summed E-state index contributed by atoms with van der Waals surface area (Å²) in [6, 6.07) is 0. The molecule has 0 aromatic carbocycles. The van der Waals surface area contributed by atoms with Crippen LogP contribution in [0.5, 0.6) is 0 Å². The topological polar surface area (TPSA) is 79.0 Å². The van der Waals surface area contributed by atoms with Gasteiger partial charge in [0.05, 0.1) is 0 Å². The Labute approximate surface area is 117 Å². The molecule has 1 saturated carbocycles. The van der Waals surface area contributed by atoms with E-state index in [1.165, 1.54) is 12.8 Å². The van der Waals surface area contributed by atoms with Crippen molar-refractivity contribution in [2.75, 3.05) is 6.54 Å². The number of aromatic nitrogens is 1. The molecule has 0 amide bonds. The van der Waals surface area contributed by atoms with Crippen molar-refractivity contribution in [2.24, 2.45) is 11.8 Å². The van der Waals surface area contributed by atoms with Crippen molar-refractivity contribution in [3.8, 4) is 0 Å². The van der Waals surface area contributed by atoms with Crippen LogP contribution >= 0.6 is 11.3 Å². The summed E-state index contributed by atoms with van der Waals surface area (Å²) in [5, 5.41) is 0. The summed E-state index contributed by atoms with van der Waals surface area (Å²) < 4.78 is 27.0. The second-order valence-electron chi connectivity index (χ2n) is 5.40. The van der Waals surface area contributed by atoms with Gasteiger partial charge in [-0.1, -0.05) is 31.1 Å². The van der Waals surface area contributed by atoms with Crippen LogP contribution in [-0.4, -0.2) is 19.9 Å². The first-order valence-corrected chi connectivity index (χ1v) is 8.88. The number of thiazole rings is 1. The van der Waals surface area contributed by atoms with E-state index in [4.69, 9.17) is 0 Å².